The first-order chi connectivity index (χ1) is 13.8. The largest absolute Gasteiger partial charge is 0.338 e. The number of para-hydroxylation sites is 1. The fourth-order valence-electron chi connectivity index (χ4n) is 2.87. The Morgan fingerprint density at radius 2 is 1.79 bits per heavy atom. The maximum Gasteiger partial charge on any atom is 0.315 e. The van der Waals surface area contributed by atoms with Crippen LogP contribution in [0.4, 0.5) is 4.79 Å². The van der Waals surface area contributed by atoms with Crippen LogP contribution in [0.1, 0.15) is 24.1 Å². The van der Waals surface area contributed by atoms with Crippen molar-refractivity contribution in [3.8, 4) is 5.69 Å². The van der Waals surface area contributed by atoms with E-state index in [4.69, 9.17) is 0 Å². The van der Waals surface area contributed by atoms with Gasteiger partial charge in [0.2, 0.25) is 0 Å². The molecule has 3 rings (SSSR count). The van der Waals surface area contributed by atoms with Gasteiger partial charge >= 0.3 is 6.03 Å². The minimum Gasteiger partial charge on any atom is -0.338 e. The van der Waals surface area contributed by atoms with Gasteiger partial charge in [0.1, 0.15) is 0 Å². The third-order valence-corrected chi connectivity index (χ3v) is 5.64. The molecule has 2 amide bonds. The summed E-state index contributed by atoms with van der Waals surface area (Å²) in [4.78, 5) is 12.4. The Labute approximate surface area is 170 Å². The van der Waals surface area contributed by atoms with Gasteiger partial charge in [-0.25, -0.2) is 17.9 Å². The quantitative estimate of drug-likeness (QED) is 0.624. The number of hydrogen-bond donors (Lipinski definition) is 2. The molecule has 152 valence electrons. The number of nitrogens with zero attached hydrogens (tertiary/aromatic N) is 2. The van der Waals surface area contributed by atoms with Gasteiger partial charge in [-0.1, -0.05) is 30.3 Å². The molecule has 0 aliphatic rings. The maximum absolute atomic E-state index is 12.1. The lowest BCUT2D eigenvalue weighted by molar-refractivity contribution is 0.238. The van der Waals surface area contributed by atoms with Gasteiger partial charge in [-0.05, 0) is 48.7 Å². The number of carbonyl (C=O) groups excluding carboxylic acids is 1. The first-order valence-electron chi connectivity index (χ1n) is 9.26. The van der Waals surface area contributed by atoms with Crippen molar-refractivity contribution in [3.63, 3.8) is 0 Å². The Balaban J connectivity index is 1.47. The third kappa shape index (κ3) is 5.68. The van der Waals surface area contributed by atoms with Crippen LogP contribution in [0.5, 0.6) is 0 Å². The minimum atomic E-state index is -3.23. The van der Waals surface area contributed by atoms with Crippen molar-refractivity contribution in [2.75, 3.05) is 12.8 Å². The molecule has 29 heavy (non-hydrogen) atoms. The number of amides is 2. The molecule has 1 heterocycles. The highest BCUT2D eigenvalue weighted by molar-refractivity contribution is 7.90. The van der Waals surface area contributed by atoms with Gasteiger partial charge in [0.25, 0.3) is 0 Å². The van der Waals surface area contributed by atoms with Gasteiger partial charge < -0.3 is 10.6 Å². The van der Waals surface area contributed by atoms with Crippen LogP contribution < -0.4 is 10.6 Å². The Morgan fingerprint density at radius 1 is 1.10 bits per heavy atom. The van der Waals surface area contributed by atoms with E-state index in [2.05, 4.69) is 15.7 Å². The van der Waals surface area contributed by atoms with Crippen molar-refractivity contribution >= 4 is 15.9 Å². The van der Waals surface area contributed by atoms with E-state index in [-0.39, 0.29) is 17.0 Å². The zero-order chi connectivity index (χ0) is 20.9. The van der Waals surface area contributed by atoms with Crippen molar-refractivity contribution in [1.82, 2.24) is 20.4 Å². The second-order valence-electron chi connectivity index (χ2n) is 6.84. The Morgan fingerprint density at radius 3 is 2.45 bits per heavy atom. The van der Waals surface area contributed by atoms with Gasteiger partial charge in [-0.15, -0.1) is 0 Å². The van der Waals surface area contributed by atoms with Crippen LogP contribution in [-0.4, -0.2) is 37.0 Å². The number of nitrogens with one attached hydrogen (secondary N) is 2. The summed E-state index contributed by atoms with van der Waals surface area (Å²) < 4.78 is 24.9. The van der Waals surface area contributed by atoms with Gasteiger partial charge in [0.05, 0.1) is 22.8 Å². The zero-order valence-corrected chi connectivity index (χ0v) is 17.2. The number of rotatable bonds is 7. The molecule has 0 aliphatic heterocycles. The Kier molecular flexibility index (Phi) is 6.33. The van der Waals surface area contributed by atoms with Crippen LogP contribution in [0.15, 0.2) is 71.9 Å². The summed E-state index contributed by atoms with van der Waals surface area (Å²) in [7, 11) is -3.23. The number of sulfone groups is 1. The number of hydrogen-bond acceptors (Lipinski definition) is 4. The highest BCUT2D eigenvalue weighted by Gasteiger charge is 2.12. The van der Waals surface area contributed by atoms with E-state index in [0.717, 1.165) is 16.8 Å². The van der Waals surface area contributed by atoms with Crippen molar-refractivity contribution in [2.24, 2.45) is 0 Å². The third-order valence-electron chi connectivity index (χ3n) is 4.51. The molecule has 1 atom stereocenters. The van der Waals surface area contributed by atoms with Crippen molar-refractivity contribution in [3.05, 3.63) is 78.1 Å². The lowest BCUT2D eigenvalue weighted by atomic mass is 10.1. The summed E-state index contributed by atoms with van der Waals surface area (Å²) in [6.07, 6.45) is 5.57. The van der Waals surface area contributed by atoms with Crippen LogP contribution in [0.25, 0.3) is 5.69 Å². The molecule has 0 saturated heterocycles. The molecular formula is C21H24N4O3S. The molecule has 8 heteroatoms. The van der Waals surface area contributed by atoms with E-state index in [0.29, 0.717) is 13.0 Å². The summed E-state index contributed by atoms with van der Waals surface area (Å²) in [5.41, 5.74) is 2.84. The monoisotopic (exact) mass is 412 g/mol. The standard InChI is InChI=1S/C21H24N4O3S/c1-16(18-8-10-20(11-9-18)29(2,27)28)24-21(26)22-13-12-17-14-23-25(15-17)19-6-4-3-5-7-19/h3-11,14-16H,12-13H2,1-2H3,(H2,22,24,26). The summed E-state index contributed by atoms with van der Waals surface area (Å²) in [5, 5.41) is 10.0. The van der Waals surface area contributed by atoms with E-state index in [1.165, 1.54) is 6.26 Å². The molecule has 0 spiro atoms. The van der Waals surface area contributed by atoms with Gasteiger partial charge in [0.15, 0.2) is 9.84 Å². The topological polar surface area (TPSA) is 93.1 Å². The average molecular weight is 413 g/mol. The van der Waals surface area contributed by atoms with Crippen molar-refractivity contribution in [1.29, 1.82) is 0 Å². The van der Waals surface area contributed by atoms with Crippen LogP contribution >= 0.6 is 0 Å². The molecule has 0 aliphatic carbocycles. The first-order valence-corrected chi connectivity index (χ1v) is 11.2. The molecule has 7 nitrogen and oxygen atoms in total. The van der Waals surface area contributed by atoms with Crippen LogP contribution in [0, 0.1) is 0 Å². The average Bonchev–Trinajstić information content (AvgIpc) is 3.17. The van der Waals surface area contributed by atoms with E-state index in [1.54, 1.807) is 35.1 Å². The van der Waals surface area contributed by atoms with Crippen LogP contribution in [0.2, 0.25) is 0 Å². The Hall–Kier alpha value is -3.13. The van der Waals surface area contributed by atoms with Crippen molar-refractivity contribution in [2.45, 2.75) is 24.3 Å². The van der Waals surface area contributed by atoms with E-state index in [9.17, 15) is 13.2 Å². The number of benzene rings is 2. The fourth-order valence-corrected chi connectivity index (χ4v) is 3.50. The number of aromatic nitrogens is 2. The van der Waals surface area contributed by atoms with E-state index in [1.807, 2.05) is 43.5 Å². The SMILES string of the molecule is CC(NC(=O)NCCc1cnn(-c2ccccc2)c1)c1ccc(S(C)(=O)=O)cc1. The maximum atomic E-state index is 12.1. The smallest absolute Gasteiger partial charge is 0.315 e. The lowest BCUT2D eigenvalue weighted by Gasteiger charge is -2.15. The molecule has 1 aromatic heterocycles. The number of urea groups is 1. The second-order valence-corrected chi connectivity index (χ2v) is 8.86. The molecule has 2 aromatic carbocycles. The molecule has 1 unspecified atom stereocenters. The summed E-state index contributed by atoms with van der Waals surface area (Å²) in [6.45, 7) is 2.32. The molecule has 0 fully saturated rings. The fraction of sp³-hybridized carbons (Fsp3) is 0.238. The molecule has 3 aromatic rings. The van der Waals surface area contributed by atoms with Crippen molar-refractivity contribution < 1.29 is 13.2 Å². The zero-order valence-electron chi connectivity index (χ0n) is 16.4. The molecular weight excluding hydrogens is 388 g/mol. The van der Waals surface area contributed by atoms with Gasteiger partial charge in [-0.3, -0.25) is 0 Å². The first kappa shape index (κ1) is 20.6. The highest BCUT2D eigenvalue weighted by atomic mass is 32.2. The normalized spacial score (nSPS) is 12.3. The minimum absolute atomic E-state index is 0.246. The van der Waals surface area contributed by atoms with Gasteiger partial charge in [-0.2, -0.15) is 5.10 Å². The van der Waals surface area contributed by atoms with Crippen LogP contribution in [0.3, 0.4) is 0 Å². The second kappa shape index (κ2) is 8.91. The van der Waals surface area contributed by atoms with Gasteiger partial charge in [0, 0.05) is 19.0 Å². The summed E-state index contributed by atoms with van der Waals surface area (Å²) >= 11 is 0. The molecule has 0 bridgehead atoms. The number of carbonyl (C=O) groups is 1. The predicted octanol–water partition coefficient (Wildman–Crippen LogP) is 2.88. The van der Waals surface area contributed by atoms with E-state index < -0.39 is 9.84 Å². The van der Waals surface area contributed by atoms with E-state index >= 15 is 0 Å². The molecule has 0 saturated carbocycles. The molecule has 2 N–H and O–H groups in total. The Bertz CT molecular complexity index is 1060. The predicted molar refractivity (Wildman–Crippen MR) is 112 cm³/mol. The summed E-state index contributed by atoms with van der Waals surface area (Å²) in [5.74, 6) is 0. The lowest BCUT2D eigenvalue weighted by Crippen LogP contribution is -2.38. The molecule has 0 radical (unpaired) electrons. The highest BCUT2D eigenvalue weighted by Crippen LogP contribution is 2.16. The summed E-state index contributed by atoms with van der Waals surface area (Å²) in [6, 6.07) is 15.8. The van der Waals surface area contributed by atoms with Crippen LogP contribution in [-0.2, 0) is 16.3 Å².